The zero-order valence-corrected chi connectivity index (χ0v) is 7.56. The molecule has 74 valence electrons. The third kappa shape index (κ3) is 1.10. The van der Waals surface area contributed by atoms with Gasteiger partial charge < -0.3 is 4.74 Å². The van der Waals surface area contributed by atoms with Crippen LogP contribution >= 0.6 is 0 Å². The molecule has 2 rings (SSSR count). The summed E-state index contributed by atoms with van der Waals surface area (Å²) in [4.78, 5) is 11.3. The van der Waals surface area contributed by atoms with Gasteiger partial charge in [0.1, 0.15) is 0 Å². The molecule has 0 fully saturated rings. The van der Waals surface area contributed by atoms with Gasteiger partial charge in [0.15, 0.2) is 17.3 Å². The van der Waals surface area contributed by atoms with Gasteiger partial charge in [0.05, 0.1) is 7.11 Å². The van der Waals surface area contributed by atoms with Crippen molar-refractivity contribution in [3.63, 3.8) is 0 Å². The summed E-state index contributed by atoms with van der Waals surface area (Å²) in [5.41, 5.74) is 0.425. The molecule has 0 saturated heterocycles. The number of hydrogen-bond acceptors (Lipinski definition) is 2. The van der Waals surface area contributed by atoms with Crippen molar-refractivity contribution in [1.29, 1.82) is 0 Å². The van der Waals surface area contributed by atoms with Crippen molar-refractivity contribution in [1.82, 2.24) is 0 Å². The topological polar surface area (TPSA) is 26.3 Å². The lowest BCUT2D eigenvalue weighted by atomic mass is 10.1. The van der Waals surface area contributed by atoms with Gasteiger partial charge in [-0.05, 0) is 12.5 Å². The first-order chi connectivity index (χ1) is 6.65. The Bertz CT molecular complexity index is 413. The van der Waals surface area contributed by atoms with E-state index in [1.165, 1.54) is 13.2 Å². The predicted octanol–water partition coefficient (Wildman–Crippen LogP) is 2.10. The molecule has 0 amide bonds. The van der Waals surface area contributed by atoms with Gasteiger partial charge in [-0.3, -0.25) is 4.79 Å². The van der Waals surface area contributed by atoms with Crippen LogP contribution in [-0.4, -0.2) is 12.9 Å². The van der Waals surface area contributed by atoms with Gasteiger partial charge >= 0.3 is 0 Å². The summed E-state index contributed by atoms with van der Waals surface area (Å²) in [7, 11) is 1.24. The number of halogens is 2. The van der Waals surface area contributed by atoms with Crippen LogP contribution in [0, 0.1) is 11.6 Å². The lowest BCUT2D eigenvalue weighted by molar-refractivity contribution is 0.0994. The number of ether oxygens (including phenoxy) is 1. The maximum absolute atomic E-state index is 13.3. The highest BCUT2D eigenvalue weighted by Gasteiger charge is 2.27. The Hall–Kier alpha value is -1.45. The second kappa shape index (κ2) is 3.04. The monoisotopic (exact) mass is 198 g/mol. The van der Waals surface area contributed by atoms with Crippen LogP contribution in [0.4, 0.5) is 8.78 Å². The number of benzene rings is 1. The average molecular weight is 198 g/mol. The highest BCUT2D eigenvalue weighted by molar-refractivity contribution is 6.00. The molecule has 0 N–H and O–H groups in total. The summed E-state index contributed by atoms with van der Waals surface area (Å²) >= 11 is 0. The fourth-order valence-corrected chi connectivity index (χ4v) is 1.66. The fourth-order valence-electron chi connectivity index (χ4n) is 1.66. The van der Waals surface area contributed by atoms with Gasteiger partial charge in [0.2, 0.25) is 5.82 Å². The number of fused-ring (bicyclic) bond motifs is 1. The van der Waals surface area contributed by atoms with E-state index in [-0.39, 0.29) is 35.5 Å². The number of carbonyl (C=O) groups is 1. The Morgan fingerprint density at radius 3 is 2.64 bits per heavy atom. The molecule has 0 bridgehead atoms. The van der Waals surface area contributed by atoms with E-state index < -0.39 is 11.6 Å². The molecule has 0 radical (unpaired) electrons. The van der Waals surface area contributed by atoms with Crippen molar-refractivity contribution in [3.05, 3.63) is 28.8 Å². The molecule has 0 heterocycles. The van der Waals surface area contributed by atoms with Crippen molar-refractivity contribution in [2.75, 3.05) is 7.11 Å². The summed E-state index contributed by atoms with van der Waals surface area (Å²) < 4.78 is 31.1. The van der Waals surface area contributed by atoms with E-state index in [9.17, 15) is 13.6 Å². The highest BCUT2D eigenvalue weighted by atomic mass is 19.2. The molecule has 0 saturated carbocycles. The normalized spacial score (nSPS) is 14.4. The molecule has 1 aliphatic rings. The van der Waals surface area contributed by atoms with Crippen molar-refractivity contribution in [3.8, 4) is 5.75 Å². The van der Waals surface area contributed by atoms with E-state index in [0.29, 0.717) is 0 Å². The molecular weight excluding hydrogens is 190 g/mol. The Morgan fingerprint density at radius 2 is 2.00 bits per heavy atom. The number of methoxy groups -OCH3 is 1. The minimum Gasteiger partial charge on any atom is -0.494 e. The highest BCUT2D eigenvalue weighted by Crippen LogP contribution is 2.31. The zero-order valence-electron chi connectivity index (χ0n) is 7.56. The van der Waals surface area contributed by atoms with Crippen LogP contribution < -0.4 is 4.74 Å². The Labute approximate surface area is 79.5 Å². The number of Topliss-reactive ketones (excluding diaryl/α,β-unsaturated/α-hetero) is 1. The molecule has 0 aromatic heterocycles. The van der Waals surface area contributed by atoms with Crippen LogP contribution in [0.25, 0.3) is 0 Å². The van der Waals surface area contributed by atoms with Crippen LogP contribution in [0.3, 0.4) is 0 Å². The van der Waals surface area contributed by atoms with E-state index >= 15 is 0 Å². The first kappa shape index (κ1) is 9.12. The molecule has 0 unspecified atom stereocenters. The van der Waals surface area contributed by atoms with Crippen LogP contribution in [0.5, 0.6) is 5.75 Å². The van der Waals surface area contributed by atoms with Gasteiger partial charge in [0.25, 0.3) is 0 Å². The lowest BCUT2D eigenvalue weighted by Gasteiger charge is -2.06. The maximum Gasteiger partial charge on any atom is 0.200 e. The Morgan fingerprint density at radius 1 is 1.29 bits per heavy atom. The predicted molar refractivity (Wildman–Crippen MR) is 45.6 cm³/mol. The number of hydrogen-bond donors (Lipinski definition) is 0. The second-order valence-corrected chi connectivity index (χ2v) is 3.16. The largest absolute Gasteiger partial charge is 0.494 e. The number of rotatable bonds is 1. The van der Waals surface area contributed by atoms with Crippen molar-refractivity contribution in [2.24, 2.45) is 0 Å². The molecule has 0 aliphatic heterocycles. The van der Waals surface area contributed by atoms with Crippen LogP contribution in [0.2, 0.25) is 0 Å². The minimum absolute atomic E-state index is 0.155. The summed E-state index contributed by atoms with van der Waals surface area (Å²) in [6.45, 7) is 0. The lowest BCUT2D eigenvalue weighted by Crippen LogP contribution is -2.00. The van der Waals surface area contributed by atoms with Crippen LogP contribution in [0.1, 0.15) is 22.3 Å². The third-order valence-corrected chi connectivity index (χ3v) is 2.40. The summed E-state index contributed by atoms with van der Waals surface area (Å²) in [6, 6.07) is 1.27. The first-order valence-corrected chi connectivity index (χ1v) is 4.23. The standard InChI is InChI=1S/C10H8F2O2/c1-14-8-4-6-5(2-3-7(6)13)9(11)10(8)12/h4H,2-3H2,1H3. The molecule has 4 heteroatoms. The third-order valence-electron chi connectivity index (χ3n) is 2.40. The summed E-state index contributed by atoms with van der Waals surface area (Å²) in [6.07, 6.45) is 0.528. The second-order valence-electron chi connectivity index (χ2n) is 3.16. The molecule has 1 aromatic carbocycles. The van der Waals surface area contributed by atoms with Gasteiger partial charge in [-0.15, -0.1) is 0 Å². The van der Waals surface area contributed by atoms with Gasteiger partial charge in [-0.25, -0.2) is 4.39 Å². The van der Waals surface area contributed by atoms with Gasteiger partial charge in [-0.2, -0.15) is 4.39 Å². The zero-order chi connectivity index (χ0) is 10.3. The molecule has 0 atom stereocenters. The van der Waals surface area contributed by atoms with Crippen molar-refractivity contribution < 1.29 is 18.3 Å². The SMILES string of the molecule is COc1cc2c(c(F)c1F)CCC2=O. The number of ketones is 1. The molecule has 0 spiro atoms. The molecule has 1 aliphatic carbocycles. The quantitative estimate of drug-likeness (QED) is 0.690. The van der Waals surface area contributed by atoms with E-state index in [1.54, 1.807) is 0 Å². The fraction of sp³-hybridized carbons (Fsp3) is 0.300. The van der Waals surface area contributed by atoms with E-state index in [0.717, 1.165) is 0 Å². The minimum atomic E-state index is -1.01. The van der Waals surface area contributed by atoms with E-state index in [4.69, 9.17) is 0 Å². The first-order valence-electron chi connectivity index (χ1n) is 4.23. The van der Waals surface area contributed by atoms with Crippen LogP contribution in [0.15, 0.2) is 6.07 Å². The molecular formula is C10H8F2O2. The number of carbonyl (C=O) groups excluding carboxylic acids is 1. The Kier molecular flexibility index (Phi) is 1.98. The van der Waals surface area contributed by atoms with E-state index in [2.05, 4.69) is 4.74 Å². The van der Waals surface area contributed by atoms with Gasteiger partial charge in [0, 0.05) is 17.5 Å². The molecule has 2 nitrogen and oxygen atoms in total. The average Bonchev–Trinajstić information content (AvgIpc) is 2.54. The van der Waals surface area contributed by atoms with Crippen molar-refractivity contribution >= 4 is 5.78 Å². The molecule has 1 aromatic rings. The van der Waals surface area contributed by atoms with Gasteiger partial charge in [-0.1, -0.05) is 0 Å². The summed E-state index contributed by atoms with van der Waals surface area (Å²) in [5, 5.41) is 0. The smallest absolute Gasteiger partial charge is 0.200 e. The molecule has 14 heavy (non-hydrogen) atoms. The summed E-state index contributed by atoms with van der Waals surface area (Å²) in [5.74, 6) is -2.33. The Balaban J connectivity index is 2.68. The maximum atomic E-state index is 13.3. The van der Waals surface area contributed by atoms with Crippen molar-refractivity contribution in [2.45, 2.75) is 12.8 Å². The van der Waals surface area contributed by atoms with Crippen LogP contribution in [-0.2, 0) is 6.42 Å². The van der Waals surface area contributed by atoms with E-state index in [1.807, 2.05) is 0 Å².